The van der Waals surface area contributed by atoms with Gasteiger partial charge in [-0.3, -0.25) is 0 Å². The van der Waals surface area contributed by atoms with Crippen molar-refractivity contribution in [2.75, 3.05) is 33.0 Å². The summed E-state index contributed by atoms with van der Waals surface area (Å²) in [6.45, 7) is 6.91. The Morgan fingerprint density at radius 2 is 1.58 bits per heavy atom. The van der Waals surface area contributed by atoms with E-state index in [1.807, 2.05) is 0 Å². The van der Waals surface area contributed by atoms with Crippen LogP contribution in [0.4, 0.5) is 4.79 Å². The average molecular weight is 323 g/mol. The van der Waals surface area contributed by atoms with Gasteiger partial charge < -0.3 is 31.0 Å². The van der Waals surface area contributed by atoms with Crippen molar-refractivity contribution in [2.24, 2.45) is 5.73 Å². The van der Waals surface area contributed by atoms with Crippen LogP contribution in [0.25, 0.3) is 0 Å². The third kappa shape index (κ3) is 10.0. The van der Waals surface area contributed by atoms with Crippen LogP contribution in [-0.4, -0.2) is 85.9 Å². The normalized spacial score (nSPS) is 10.7. The van der Waals surface area contributed by atoms with E-state index < -0.39 is 15.2 Å². The van der Waals surface area contributed by atoms with Crippen molar-refractivity contribution in [1.29, 1.82) is 0 Å². The van der Waals surface area contributed by atoms with E-state index in [-0.39, 0.29) is 47.2 Å². The molecule has 0 saturated heterocycles. The summed E-state index contributed by atoms with van der Waals surface area (Å²) < 4.78 is 25.9. The van der Waals surface area contributed by atoms with Crippen LogP contribution in [0.5, 0.6) is 0 Å². The molecule has 0 heterocycles. The van der Waals surface area contributed by atoms with E-state index in [2.05, 4.69) is 0 Å². The van der Waals surface area contributed by atoms with Crippen LogP contribution in [0.3, 0.4) is 0 Å². The van der Waals surface area contributed by atoms with Crippen LogP contribution >= 0.6 is 0 Å². The summed E-state index contributed by atoms with van der Waals surface area (Å²) in [7, 11) is -3.42. The van der Waals surface area contributed by atoms with Crippen LogP contribution in [0, 0.1) is 0 Å². The predicted molar refractivity (Wildman–Crippen MR) is 74.7 cm³/mol. The van der Waals surface area contributed by atoms with Gasteiger partial charge in [-0.25, -0.2) is 4.79 Å². The van der Waals surface area contributed by atoms with E-state index in [0.29, 0.717) is 32.8 Å². The molecule has 2 N–H and O–H groups in total. The minimum absolute atomic E-state index is 0. The Hall–Kier alpha value is 0.587. The molecular weight excluding hydrogens is 298 g/mol. The van der Waals surface area contributed by atoms with Gasteiger partial charge in [-0.1, -0.05) is 0 Å². The van der Waals surface area contributed by atoms with Gasteiger partial charge >= 0.3 is 52.9 Å². The van der Waals surface area contributed by atoms with Crippen LogP contribution in [-0.2, 0) is 22.4 Å². The van der Waals surface area contributed by atoms with E-state index in [0.717, 1.165) is 0 Å². The van der Waals surface area contributed by atoms with Crippen molar-refractivity contribution in [1.82, 2.24) is 0 Å². The summed E-state index contributed by atoms with van der Waals surface area (Å²) in [4.78, 5) is 11.5. The molecule has 0 aromatic heterocycles. The van der Waals surface area contributed by atoms with Gasteiger partial charge in [0.05, 0.1) is 6.61 Å². The second-order valence-corrected chi connectivity index (χ2v) is 5.21. The Labute approximate surface area is 148 Å². The number of carbonyl (C=O) groups excluding carboxylic acids is 1. The molecular formula is C10H25CaNO6Si. The second kappa shape index (κ2) is 13.6. The Morgan fingerprint density at radius 3 is 1.95 bits per heavy atom. The summed E-state index contributed by atoms with van der Waals surface area (Å²) in [5, 5.41) is 0. The zero-order valence-electron chi connectivity index (χ0n) is 14.0. The van der Waals surface area contributed by atoms with Crippen molar-refractivity contribution in [2.45, 2.75) is 27.2 Å². The minimum atomic E-state index is -3.42. The van der Waals surface area contributed by atoms with Crippen LogP contribution < -0.4 is 5.73 Å². The number of nitrogens with two attached hydrogens (primary N) is 1. The van der Waals surface area contributed by atoms with Gasteiger partial charge in [0.25, 0.3) is 0 Å². The smallest absolute Gasteiger partial charge is 1.00 e. The summed E-state index contributed by atoms with van der Waals surface area (Å²) in [5.41, 5.74) is 5.29. The summed E-state index contributed by atoms with van der Waals surface area (Å²) in [5.74, 6) is 0. The molecule has 0 rings (SSSR count). The van der Waals surface area contributed by atoms with Gasteiger partial charge in [0.2, 0.25) is 0 Å². The molecule has 0 aromatic carbocycles. The molecule has 7 nitrogen and oxygen atoms in total. The fourth-order valence-electron chi connectivity index (χ4n) is 1.11. The summed E-state index contributed by atoms with van der Waals surface area (Å²) in [6, 6.07) is 0. The third-order valence-corrected chi connectivity index (χ3v) is 4.08. The first kappa shape index (κ1) is 21.9. The molecule has 0 saturated carbocycles. The Bertz CT molecular complexity index is 227. The third-order valence-electron chi connectivity index (χ3n) is 1.74. The monoisotopic (exact) mass is 323 g/mol. The second-order valence-electron chi connectivity index (χ2n) is 3.14. The Balaban J connectivity index is -0.000000482. The molecule has 0 atom stereocenters. The average Bonchev–Trinajstić information content (AvgIpc) is 2.30. The predicted octanol–water partition coefficient (Wildman–Crippen LogP) is 0.878. The van der Waals surface area contributed by atoms with Crippen molar-refractivity contribution in [3.63, 3.8) is 0 Å². The van der Waals surface area contributed by atoms with Gasteiger partial charge in [0.15, 0.2) is 0 Å². The Kier molecular flexibility index (Phi) is 15.6. The quantitative estimate of drug-likeness (QED) is 0.362. The van der Waals surface area contributed by atoms with E-state index in [1.165, 1.54) is 0 Å². The molecule has 0 aliphatic rings. The number of ether oxygens (including phenoxy) is 1. The molecule has 0 aromatic rings. The summed E-state index contributed by atoms with van der Waals surface area (Å²) in [6.07, 6.45) is -0.285. The molecule has 0 bridgehead atoms. The van der Waals surface area contributed by atoms with E-state index in [1.54, 1.807) is 20.8 Å². The van der Waals surface area contributed by atoms with Gasteiger partial charge in [-0.05, 0) is 33.7 Å². The molecule has 0 radical (unpaired) electrons. The van der Waals surface area contributed by atoms with Crippen LogP contribution in [0.1, 0.15) is 30.0 Å². The SMILES string of the molecule is CCO[Si](OCC)(OCC)OC(=O)OCCCN.[Ca+2].[H-].[H-]. The maximum Gasteiger partial charge on any atom is 2.00 e. The van der Waals surface area contributed by atoms with Gasteiger partial charge in [0, 0.05) is 19.8 Å². The van der Waals surface area contributed by atoms with Crippen LogP contribution in [0.2, 0.25) is 0 Å². The van der Waals surface area contributed by atoms with Crippen molar-refractivity contribution < 1.29 is 30.1 Å². The zero-order valence-corrected chi connectivity index (χ0v) is 15.2. The van der Waals surface area contributed by atoms with Gasteiger partial charge in [0.1, 0.15) is 0 Å². The number of hydrogen-bond donors (Lipinski definition) is 1. The standard InChI is InChI=1S/C10H23NO6Si.Ca.2H/c1-4-14-18(15-5-2,16-6-3)17-10(12)13-9-7-8-11;;;/h4-9,11H2,1-3H3;;;/q;+2;2*-1. The van der Waals surface area contributed by atoms with Crippen molar-refractivity contribution in [3.8, 4) is 0 Å². The number of rotatable bonds is 10. The fraction of sp³-hybridized carbons (Fsp3) is 0.900. The summed E-state index contributed by atoms with van der Waals surface area (Å²) >= 11 is 0. The van der Waals surface area contributed by atoms with Crippen molar-refractivity contribution in [3.05, 3.63) is 0 Å². The van der Waals surface area contributed by atoms with Crippen molar-refractivity contribution >= 4 is 52.9 Å². The fourth-order valence-corrected chi connectivity index (χ4v) is 2.86. The van der Waals surface area contributed by atoms with Gasteiger partial charge in [-0.15, -0.1) is 0 Å². The largest absolute Gasteiger partial charge is 2.00 e. The molecule has 112 valence electrons. The maximum absolute atomic E-state index is 11.5. The Morgan fingerprint density at radius 1 is 1.11 bits per heavy atom. The first-order chi connectivity index (χ1) is 8.64. The molecule has 19 heavy (non-hydrogen) atoms. The first-order valence-electron chi connectivity index (χ1n) is 6.11. The van der Waals surface area contributed by atoms with E-state index in [9.17, 15) is 4.79 Å². The first-order valence-corrected chi connectivity index (χ1v) is 7.75. The number of carbonyl (C=O) groups is 1. The molecule has 0 unspecified atom stereocenters. The molecule has 0 aliphatic carbocycles. The molecule has 0 amide bonds. The van der Waals surface area contributed by atoms with E-state index >= 15 is 0 Å². The molecule has 0 aliphatic heterocycles. The molecule has 9 heteroatoms. The minimum Gasteiger partial charge on any atom is -1.00 e. The van der Waals surface area contributed by atoms with Gasteiger partial charge in [-0.2, -0.15) is 0 Å². The van der Waals surface area contributed by atoms with Crippen LogP contribution in [0.15, 0.2) is 0 Å². The zero-order chi connectivity index (χ0) is 13.9. The molecule has 0 fully saturated rings. The topological polar surface area (TPSA) is 89.2 Å². The maximum atomic E-state index is 11.5. The number of hydrogen-bond acceptors (Lipinski definition) is 7. The van der Waals surface area contributed by atoms with E-state index in [4.69, 9.17) is 28.2 Å². The molecule has 0 spiro atoms.